The normalized spacial score (nSPS) is 10.7. The lowest BCUT2D eigenvalue weighted by Crippen LogP contribution is -2.01. The van der Waals surface area contributed by atoms with Gasteiger partial charge < -0.3 is 5.11 Å². The number of carboxylic acids is 1. The van der Waals surface area contributed by atoms with E-state index in [9.17, 15) is 9.18 Å². The number of pyridine rings is 1. The van der Waals surface area contributed by atoms with Gasteiger partial charge in [0, 0.05) is 5.39 Å². The highest BCUT2D eigenvalue weighted by molar-refractivity contribution is 9.10. The van der Waals surface area contributed by atoms with Crippen LogP contribution in [0.5, 0.6) is 0 Å². The molecular weight excluding hydrogens is 277 g/mol. The quantitative estimate of drug-likeness (QED) is 0.875. The van der Waals surface area contributed by atoms with Crippen molar-refractivity contribution in [1.29, 1.82) is 0 Å². The molecule has 16 heavy (non-hydrogen) atoms. The van der Waals surface area contributed by atoms with E-state index < -0.39 is 11.8 Å². The number of aromatic nitrogens is 1. The monoisotopic (exact) mass is 283 g/mol. The SMILES string of the molecule is Cc1cc(Br)c(F)c2nc(C(=O)O)ccc12. The van der Waals surface area contributed by atoms with Gasteiger partial charge in [-0.2, -0.15) is 0 Å². The topological polar surface area (TPSA) is 50.2 Å². The lowest BCUT2D eigenvalue weighted by molar-refractivity contribution is 0.0691. The van der Waals surface area contributed by atoms with Gasteiger partial charge >= 0.3 is 5.97 Å². The number of aryl methyl sites for hydroxylation is 1. The third kappa shape index (κ3) is 1.67. The average Bonchev–Trinajstić information content (AvgIpc) is 2.25. The average molecular weight is 284 g/mol. The maximum Gasteiger partial charge on any atom is 0.354 e. The van der Waals surface area contributed by atoms with Crippen molar-refractivity contribution in [1.82, 2.24) is 4.98 Å². The maximum absolute atomic E-state index is 13.7. The molecule has 5 heteroatoms. The van der Waals surface area contributed by atoms with Crippen molar-refractivity contribution < 1.29 is 14.3 Å². The first-order valence-electron chi connectivity index (χ1n) is 4.49. The van der Waals surface area contributed by atoms with E-state index in [2.05, 4.69) is 20.9 Å². The van der Waals surface area contributed by atoms with E-state index in [4.69, 9.17) is 5.11 Å². The molecule has 1 aromatic heterocycles. The second-order valence-electron chi connectivity index (χ2n) is 3.39. The summed E-state index contributed by atoms with van der Waals surface area (Å²) in [5.41, 5.74) is 0.753. The highest BCUT2D eigenvalue weighted by atomic mass is 79.9. The van der Waals surface area contributed by atoms with Crippen molar-refractivity contribution >= 4 is 32.8 Å². The van der Waals surface area contributed by atoms with E-state index in [0.29, 0.717) is 5.39 Å². The van der Waals surface area contributed by atoms with Crippen molar-refractivity contribution in [2.45, 2.75) is 6.92 Å². The third-order valence-corrected chi connectivity index (χ3v) is 2.88. The summed E-state index contributed by atoms with van der Waals surface area (Å²) >= 11 is 3.07. The molecule has 0 unspecified atom stereocenters. The standard InChI is InChI=1S/C11H7BrFNO2/c1-5-4-7(12)9(13)10-6(5)2-3-8(14-10)11(15)16/h2-4H,1H3,(H,15,16). The molecule has 0 aliphatic carbocycles. The smallest absolute Gasteiger partial charge is 0.354 e. The molecule has 0 saturated carbocycles. The largest absolute Gasteiger partial charge is 0.477 e. The fourth-order valence-corrected chi connectivity index (χ4v) is 2.04. The maximum atomic E-state index is 13.7. The number of rotatable bonds is 1. The highest BCUT2D eigenvalue weighted by Crippen LogP contribution is 2.27. The molecule has 3 nitrogen and oxygen atoms in total. The zero-order valence-electron chi connectivity index (χ0n) is 8.29. The van der Waals surface area contributed by atoms with Crippen LogP contribution >= 0.6 is 15.9 Å². The number of carboxylic acid groups (broad SMARTS) is 1. The number of carbonyl (C=O) groups is 1. The van der Waals surface area contributed by atoms with Gasteiger partial charge in [0.1, 0.15) is 11.2 Å². The molecule has 1 N–H and O–H groups in total. The van der Waals surface area contributed by atoms with Crippen LogP contribution in [-0.2, 0) is 0 Å². The van der Waals surface area contributed by atoms with Crippen LogP contribution in [0.4, 0.5) is 4.39 Å². The third-order valence-electron chi connectivity index (χ3n) is 2.30. The number of nitrogens with zero attached hydrogens (tertiary/aromatic N) is 1. The number of hydrogen-bond donors (Lipinski definition) is 1. The second-order valence-corrected chi connectivity index (χ2v) is 4.24. The van der Waals surface area contributed by atoms with Crippen LogP contribution in [0.15, 0.2) is 22.7 Å². The zero-order valence-corrected chi connectivity index (χ0v) is 9.88. The van der Waals surface area contributed by atoms with Crippen LogP contribution in [0.1, 0.15) is 16.1 Å². The summed E-state index contributed by atoms with van der Waals surface area (Å²) in [6.45, 7) is 1.81. The Morgan fingerprint density at radius 1 is 1.50 bits per heavy atom. The molecule has 0 fully saturated rings. The molecule has 82 valence electrons. The molecule has 2 aromatic rings. The fourth-order valence-electron chi connectivity index (χ4n) is 1.51. The number of fused-ring (bicyclic) bond motifs is 1. The van der Waals surface area contributed by atoms with Gasteiger partial charge in [-0.05, 0) is 40.5 Å². The van der Waals surface area contributed by atoms with Gasteiger partial charge in [-0.3, -0.25) is 0 Å². The van der Waals surface area contributed by atoms with Gasteiger partial charge in [0.05, 0.1) is 4.47 Å². The molecule has 0 atom stereocenters. The van der Waals surface area contributed by atoms with Crippen LogP contribution in [0.2, 0.25) is 0 Å². The summed E-state index contributed by atoms with van der Waals surface area (Å²) < 4.78 is 14.0. The molecule has 1 aromatic carbocycles. The van der Waals surface area contributed by atoms with Crippen molar-refractivity contribution in [3.8, 4) is 0 Å². The Bertz CT molecular complexity index is 598. The van der Waals surface area contributed by atoms with Gasteiger partial charge in [-0.1, -0.05) is 6.07 Å². The fraction of sp³-hybridized carbons (Fsp3) is 0.0909. The Labute approximate surface area is 99.1 Å². The predicted octanol–water partition coefficient (Wildman–Crippen LogP) is 3.14. The Kier molecular flexibility index (Phi) is 2.63. The summed E-state index contributed by atoms with van der Waals surface area (Å²) in [7, 11) is 0. The minimum absolute atomic E-state index is 0.0757. The summed E-state index contributed by atoms with van der Waals surface area (Å²) in [5.74, 6) is -1.71. The minimum Gasteiger partial charge on any atom is -0.477 e. The first-order valence-corrected chi connectivity index (χ1v) is 5.28. The van der Waals surface area contributed by atoms with Crippen LogP contribution in [0.3, 0.4) is 0 Å². The molecule has 1 heterocycles. The molecular formula is C11H7BrFNO2. The Morgan fingerprint density at radius 2 is 2.19 bits per heavy atom. The minimum atomic E-state index is -1.17. The van der Waals surface area contributed by atoms with E-state index >= 15 is 0 Å². The Hall–Kier alpha value is -1.49. The van der Waals surface area contributed by atoms with E-state index in [1.165, 1.54) is 6.07 Å². The van der Waals surface area contributed by atoms with Gasteiger partial charge in [0.2, 0.25) is 0 Å². The van der Waals surface area contributed by atoms with E-state index in [1.54, 1.807) is 12.1 Å². The van der Waals surface area contributed by atoms with Crippen molar-refractivity contribution in [3.63, 3.8) is 0 Å². The summed E-state index contributed by atoms with van der Waals surface area (Å²) in [4.78, 5) is 14.5. The number of halogens is 2. The molecule has 0 spiro atoms. The molecule has 0 saturated heterocycles. The predicted molar refractivity (Wildman–Crippen MR) is 61.1 cm³/mol. The zero-order chi connectivity index (χ0) is 11.9. The molecule has 0 aliphatic rings. The number of hydrogen-bond acceptors (Lipinski definition) is 2. The highest BCUT2D eigenvalue weighted by Gasteiger charge is 2.12. The van der Waals surface area contributed by atoms with Crippen molar-refractivity contribution in [2.24, 2.45) is 0 Å². The van der Waals surface area contributed by atoms with E-state index in [1.807, 2.05) is 6.92 Å². The van der Waals surface area contributed by atoms with E-state index in [0.717, 1.165) is 5.56 Å². The lowest BCUT2D eigenvalue weighted by atomic mass is 10.1. The second kappa shape index (κ2) is 3.83. The van der Waals surface area contributed by atoms with Crippen molar-refractivity contribution in [2.75, 3.05) is 0 Å². The van der Waals surface area contributed by atoms with Crippen LogP contribution in [-0.4, -0.2) is 16.1 Å². The summed E-state index contributed by atoms with van der Waals surface area (Å²) in [6, 6.07) is 4.57. The number of aromatic carboxylic acids is 1. The molecule has 0 amide bonds. The van der Waals surface area contributed by atoms with Crippen LogP contribution in [0, 0.1) is 12.7 Å². The van der Waals surface area contributed by atoms with Gasteiger partial charge in [0.25, 0.3) is 0 Å². The van der Waals surface area contributed by atoms with Gasteiger partial charge in [-0.25, -0.2) is 14.2 Å². The molecule has 0 radical (unpaired) electrons. The first kappa shape index (κ1) is 11.0. The first-order chi connectivity index (χ1) is 7.50. The molecule has 0 bridgehead atoms. The summed E-state index contributed by atoms with van der Waals surface area (Å²) in [5, 5.41) is 9.39. The summed E-state index contributed by atoms with van der Waals surface area (Å²) in [6.07, 6.45) is 0. The van der Waals surface area contributed by atoms with E-state index in [-0.39, 0.29) is 15.7 Å². The van der Waals surface area contributed by atoms with Crippen LogP contribution in [0.25, 0.3) is 10.9 Å². The van der Waals surface area contributed by atoms with Crippen LogP contribution < -0.4 is 0 Å². The van der Waals surface area contributed by atoms with Gasteiger partial charge in [0.15, 0.2) is 5.82 Å². The Balaban J connectivity index is 2.86. The van der Waals surface area contributed by atoms with Gasteiger partial charge in [-0.15, -0.1) is 0 Å². The molecule has 0 aliphatic heterocycles. The molecule has 2 rings (SSSR count). The van der Waals surface area contributed by atoms with Crippen molar-refractivity contribution in [3.05, 3.63) is 39.7 Å². The Morgan fingerprint density at radius 3 is 2.81 bits per heavy atom. The lowest BCUT2D eigenvalue weighted by Gasteiger charge is -2.05. The number of benzene rings is 1.